The average molecular weight is 349 g/mol. The predicted molar refractivity (Wildman–Crippen MR) is 88.4 cm³/mol. The summed E-state index contributed by atoms with van der Waals surface area (Å²) < 4.78 is 11.8. The first kappa shape index (κ1) is 14.1. The Morgan fingerprint density at radius 2 is 1.76 bits per heavy atom. The van der Waals surface area contributed by atoms with Crippen LogP contribution in [0.1, 0.15) is 5.56 Å². The van der Waals surface area contributed by atoms with Crippen molar-refractivity contribution in [2.45, 2.75) is 6.54 Å². The van der Waals surface area contributed by atoms with Crippen LogP contribution < -0.4 is 19.7 Å². The van der Waals surface area contributed by atoms with Crippen molar-refractivity contribution in [1.29, 1.82) is 0 Å². The molecule has 1 aliphatic rings. The lowest BCUT2D eigenvalue weighted by Crippen LogP contribution is -2.08. The Bertz CT molecular complexity index is 641. The Morgan fingerprint density at radius 3 is 2.43 bits per heavy atom. The molecule has 0 fully saturated rings. The molecular weight excluding hydrogens is 332 g/mol. The molecule has 0 atom stereocenters. The first-order valence-corrected chi connectivity index (χ1v) is 7.52. The molecule has 0 saturated carbocycles. The quantitative estimate of drug-likeness (QED) is 0.909. The van der Waals surface area contributed by atoms with Gasteiger partial charge in [-0.1, -0.05) is 15.9 Å². The molecule has 110 valence electrons. The van der Waals surface area contributed by atoms with Crippen molar-refractivity contribution in [2.24, 2.45) is 0 Å². The second kappa shape index (κ2) is 5.85. The third-order valence-electron chi connectivity index (χ3n) is 3.41. The number of hydrogen-bond donors (Lipinski definition) is 1. The van der Waals surface area contributed by atoms with E-state index in [1.165, 1.54) is 5.69 Å². The molecule has 0 unspecified atom stereocenters. The molecule has 0 radical (unpaired) electrons. The monoisotopic (exact) mass is 348 g/mol. The Balaban J connectivity index is 1.70. The molecule has 0 amide bonds. The Kier molecular flexibility index (Phi) is 3.92. The maximum atomic E-state index is 5.41. The van der Waals surface area contributed by atoms with Crippen molar-refractivity contribution in [3.8, 4) is 11.5 Å². The van der Waals surface area contributed by atoms with Crippen LogP contribution in [-0.2, 0) is 6.54 Å². The minimum absolute atomic E-state index is 0.296. The minimum Gasteiger partial charge on any atom is -0.454 e. The van der Waals surface area contributed by atoms with Crippen LogP contribution in [0.4, 0.5) is 11.4 Å². The van der Waals surface area contributed by atoms with Crippen LogP contribution in [0, 0.1) is 0 Å². The molecule has 1 N–H and O–H groups in total. The molecule has 0 saturated heterocycles. The largest absolute Gasteiger partial charge is 0.454 e. The molecule has 0 spiro atoms. The number of halogens is 1. The summed E-state index contributed by atoms with van der Waals surface area (Å²) in [6, 6.07) is 12.3. The number of rotatable bonds is 4. The van der Waals surface area contributed by atoms with E-state index in [0.29, 0.717) is 6.79 Å². The van der Waals surface area contributed by atoms with Crippen molar-refractivity contribution in [1.82, 2.24) is 0 Å². The predicted octanol–water partition coefficient (Wildman–Crippen LogP) is 3.86. The van der Waals surface area contributed by atoms with E-state index in [4.69, 9.17) is 9.47 Å². The third kappa shape index (κ3) is 3.08. The Morgan fingerprint density at radius 1 is 1.10 bits per heavy atom. The van der Waals surface area contributed by atoms with Gasteiger partial charge in [-0.3, -0.25) is 0 Å². The number of ether oxygens (including phenoxy) is 2. The number of nitrogens with zero attached hydrogens (tertiary/aromatic N) is 1. The molecule has 2 aromatic carbocycles. The number of fused-ring (bicyclic) bond motifs is 1. The lowest BCUT2D eigenvalue weighted by Gasteiger charge is -2.14. The molecule has 21 heavy (non-hydrogen) atoms. The van der Waals surface area contributed by atoms with Gasteiger partial charge in [0.15, 0.2) is 11.5 Å². The Labute approximate surface area is 132 Å². The molecule has 4 nitrogen and oxygen atoms in total. The summed E-state index contributed by atoms with van der Waals surface area (Å²) >= 11 is 3.57. The summed E-state index contributed by atoms with van der Waals surface area (Å²) in [5, 5.41) is 3.41. The van der Waals surface area contributed by atoms with Gasteiger partial charge in [0.1, 0.15) is 0 Å². The molecule has 1 heterocycles. The van der Waals surface area contributed by atoms with Crippen molar-refractivity contribution >= 4 is 27.3 Å². The summed E-state index contributed by atoms with van der Waals surface area (Å²) in [6.07, 6.45) is 0. The van der Waals surface area contributed by atoms with E-state index in [-0.39, 0.29) is 0 Å². The highest BCUT2D eigenvalue weighted by atomic mass is 79.9. The molecule has 0 aromatic heterocycles. The first-order chi connectivity index (χ1) is 10.1. The lowest BCUT2D eigenvalue weighted by molar-refractivity contribution is 0.174. The highest BCUT2D eigenvalue weighted by molar-refractivity contribution is 9.10. The topological polar surface area (TPSA) is 33.7 Å². The van der Waals surface area contributed by atoms with Crippen LogP contribution in [0.3, 0.4) is 0 Å². The fraction of sp³-hybridized carbons (Fsp3) is 0.250. The number of anilines is 2. The number of nitrogens with one attached hydrogen (secondary N) is 1. The third-order valence-corrected chi connectivity index (χ3v) is 4.15. The maximum absolute atomic E-state index is 5.41. The van der Waals surface area contributed by atoms with Gasteiger partial charge in [0, 0.05) is 36.5 Å². The fourth-order valence-electron chi connectivity index (χ4n) is 2.17. The fourth-order valence-corrected chi connectivity index (χ4v) is 2.63. The van der Waals surface area contributed by atoms with Crippen LogP contribution >= 0.6 is 15.9 Å². The van der Waals surface area contributed by atoms with Gasteiger partial charge < -0.3 is 19.7 Å². The zero-order valence-electron chi connectivity index (χ0n) is 12.0. The molecule has 5 heteroatoms. The zero-order valence-corrected chi connectivity index (χ0v) is 13.6. The molecular formula is C16H17BrN2O2. The van der Waals surface area contributed by atoms with Gasteiger partial charge in [0.2, 0.25) is 6.79 Å². The van der Waals surface area contributed by atoms with Crippen LogP contribution in [0.2, 0.25) is 0 Å². The van der Waals surface area contributed by atoms with E-state index in [2.05, 4.69) is 50.4 Å². The van der Waals surface area contributed by atoms with E-state index < -0.39 is 0 Å². The van der Waals surface area contributed by atoms with Gasteiger partial charge in [0.05, 0.1) is 0 Å². The summed E-state index contributed by atoms with van der Waals surface area (Å²) in [5.74, 6) is 1.60. The van der Waals surface area contributed by atoms with Crippen LogP contribution in [-0.4, -0.2) is 20.9 Å². The summed E-state index contributed by atoms with van der Waals surface area (Å²) in [4.78, 5) is 2.08. The van der Waals surface area contributed by atoms with Crippen molar-refractivity contribution < 1.29 is 9.47 Å². The van der Waals surface area contributed by atoms with Crippen LogP contribution in [0.25, 0.3) is 0 Å². The highest BCUT2D eigenvalue weighted by Crippen LogP contribution is 2.37. The van der Waals surface area contributed by atoms with E-state index in [0.717, 1.165) is 33.8 Å². The number of benzene rings is 2. The first-order valence-electron chi connectivity index (χ1n) is 6.73. The van der Waals surface area contributed by atoms with E-state index in [9.17, 15) is 0 Å². The van der Waals surface area contributed by atoms with Crippen molar-refractivity contribution in [3.05, 3.63) is 46.4 Å². The van der Waals surface area contributed by atoms with Gasteiger partial charge in [-0.05, 0) is 42.0 Å². The Hall–Kier alpha value is -1.88. The van der Waals surface area contributed by atoms with Crippen LogP contribution in [0.5, 0.6) is 11.5 Å². The van der Waals surface area contributed by atoms with E-state index in [1.807, 2.05) is 26.2 Å². The zero-order chi connectivity index (χ0) is 14.8. The summed E-state index contributed by atoms with van der Waals surface area (Å²) in [6.45, 7) is 1.02. The molecule has 2 aromatic rings. The van der Waals surface area contributed by atoms with Gasteiger partial charge >= 0.3 is 0 Å². The molecule has 0 bridgehead atoms. The second-order valence-electron chi connectivity index (χ2n) is 5.09. The van der Waals surface area contributed by atoms with Crippen molar-refractivity contribution in [2.75, 3.05) is 31.1 Å². The van der Waals surface area contributed by atoms with Gasteiger partial charge in [0.25, 0.3) is 0 Å². The minimum atomic E-state index is 0.296. The van der Waals surface area contributed by atoms with Crippen molar-refractivity contribution in [3.63, 3.8) is 0 Å². The standard InChI is InChI=1S/C16H17BrN2O2/c1-19(2)13-5-3-12(4-6-13)18-9-11-7-15-16(8-14(11)17)21-10-20-15/h3-8,18H,9-10H2,1-2H3. The average Bonchev–Trinajstić information content (AvgIpc) is 2.92. The highest BCUT2D eigenvalue weighted by Gasteiger charge is 2.16. The van der Waals surface area contributed by atoms with E-state index >= 15 is 0 Å². The molecule has 0 aliphatic carbocycles. The smallest absolute Gasteiger partial charge is 0.231 e. The van der Waals surface area contributed by atoms with Gasteiger partial charge in [-0.15, -0.1) is 0 Å². The van der Waals surface area contributed by atoms with Gasteiger partial charge in [-0.2, -0.15) is 0 Å². The maximum Gasteiger partial charge on any atom is 0.231 e. The molecule has 3 rings (SSSR count). The van der Waals surface area contributed by atoms with E-state index in [1.54, 1.807) is 0 Å². The normalized spacial score (nSPS) is 12.3. The molecule has 1 aliphatic heterocycles. The SMILES string of the molecule is CN(C)c1ccc(NCc2cc3c(cc2Br)OCO3)cc1. The van der Waals surface area contributed by atoms with Crippen LogP contribution in [0.15, 0.2) is 40.9 Å². The second-order valence-corrected chi connectivity index (χ2v) is 5.95. The summed E-state index contributed by atoms with van der Waals surface area (Å²) in [7, 11) is 4.07. The summed E-state index contributed by atoms with van der Waals surface area (Å²) in [5.41, 5.74) is 3.41. The lowest BCUT2D eigenvalue weighted by atomic mass is 10.2. The number of hydrogen-bond acceptors (Lipinski definition) is 4. The van der Waals surface area contributed by atoms with Gasteiger partial charge in [-0.25, -0.2) is 0 Å².